The zero-order valence-corrected chi connectivity index (χ0v) is 11.7. The lowest BCUT2D eigenvalue weighted by molar-refractivity contribution is -0.156. The Balaban J connectivity index is 0.000000262. The second-order valence-electron chi connectivity index (χ2n) is 4.35. The molecule has 114 valence electrons. The maximum absolute atomic E-state index is 12.4. The van der Waals surface area contributed by atoms with Crippen LogP contribution in [0.4, 0.5) is 17.6 Å². The van der Waals surface area contributed by atoms with Gasteiger partial charge in [-0.1, -0.05) is 29.8 Å². The van der Waals surface area contributed by atoms with Crippen LogP contribution >= 0.6 is 0 Å². The molecular formula is C15H16F4N2. The average Bonchev–Trinajstić information content (AvgIpc) is 2.42. The van der Waals surface area contributed by atoms with E-state index in [4.69, 9.17) is 0 Å². The monoisotopic (exact) mass is 300 g/mol. The molecule has 0 fully saturated rings. The van der Waals surface area contributed by atoms with E-state index in [9.17, 15) is 17.6 Å². The van der Waals surface area contributed by atoms with Gasteiger partial charge in [-0.15, -0.1) is 0 Å². The van der Waals surface area contributed by atoms with Gasteiger partial charge >= 0.3 is 6.18 Å². The third-order valence-electron chi connectivity index (χ3n) is 2.65. The summed E-state index contributed by atoms with van der Waals surface area (Å²) in [7, 11) is 1.30. The van der Waals surface area contributed by atoms with Crippen molar-refractivity contribution < 1.29 is 17.6 Å². The fourth-order valence-corrected chi connectivity index (χ4v) is 1.62. The molecule has 2 aromatic rings. The summed E-state index contributed by atoms with van der Waals surface area (Å²) in [6.07, 6.45) is -1.55. The molecule has 1 heterocycles. The van der Waals surface area contributed by atoms with E-state index in [-0.39, 0.29) is 11.4 Å². The van der Waals surface area contributed by atoms with Gasteiger partial charge in [0.1, 0.15) is 11.9 Å². The molecule has 1 aromatic carbocycles. The van der Waals surface area contributed by atoms with Crippen LogP contribution in [0.25, 0.3) is 0 Å². The van der Waals surface area contributed by atoms with Crippen LogP contribution < -0.4 is 5.32 Å². The highest BCUT2D eigenvalue weighted by atomic mass is 19.4. The number of hydrogen-bond donors (Lipinski definition) is 1. The smallest absolute Gasteiger partial charge is 0.306 e. The van der Waals surface area contributed by atoms with Crippen LogP contribution in [0.3, 0.4) is 0 Å². The molecule has 0 spiro atoms. The highest BCUT2D eigenvalue weighted by Crippen LogP contribution is 2.32. The number of aryl methyl sites for hydroxylation is 1. The second kappa shape index (κ2) is 7.73. The first-order valence-electron chi connectivity index (χ1n) is 6.20. The quantitative estimate of drug-likeness (QED) is 0.847. The zero-order chi connectivity index (χ0) is 15.9. The molecule has 1 N–H and O–H groups in total. The van der Waals surface area contributed by atoms with Gasteiger partial charge in [-0.2, -0.15) is 13.2 Å². The lowest BCUT2D eigenvalue weighted by Crippen LogP contribution is -2.31. The third-order valence-corrected chi connectivity index (χ3v) is 2.65. The van der Waals surface area contributed by atoms with Crippen LogP contribution in [0.2, 0.25) is 0 Å². The minimum absolute atomic E-state index is 0.241. The van der Waals surface area contributed by atoms with Crippen LogP contribution in [-0.4, -0.2) is 18.2 Å². The maximum atomic E-state index is 12.4. The van der Waals surface area contributed by atoms with Crippen molar-refractivity contribution in [2.75, 3.05) is 7.05 Å². The minimum Gasteiger partial charge on any atom is -0.306 e. The SMILES string of the molecule is CNC(c1ccc(C)cc1)C(F)(F)F.Fc1cccnc1. The van der Waals surface area contributed by atoms with Gasteiger partial charge in [-0.05, 0) is 31.7 Å². The summed E-state index contributed by atoms with van der Waals surface area (Å²) in [6, 6.07) is 7.65. The number of nitrogens with zero attached hydrogens (tertiary/aromatic N) is 1. The highest BCUT2D eigenvalue weighted by molar-refractivity contribution is 5.25. The summed E-state index contributed by atoms with van der Waals surface area (Å²) in [5.74, 6) is -0.289. The molecule has 0 aliphatic carbocycles. The van der Waals surface area contributed by atoms with Crippen molar-refractivity contribution in [2.24, 2.45) is 0 Å². The average molecular weight is 300 g/mol. The predicted molar refractivity (Wildman–Crippen MR) is 73.2 cm³/mol. The zero-order valence-electron chi connectivity index (χ0n) is 11.7. The van der Waals surface area contributed by atoms with E-state index < -0.39 is 12.2 Å². The Hall–Kier alpha value is -1.95. The van der Waals surface area contributed by atoms with E-state index in [2.05, 4.69) is 10.3 Å². The summed E-state index contributed by atoms with van der Waals surface area (Å²) < 4.78 is 49.2. The van der Waals surface area contributed by atoms with E-state index in [1.165, 1.54) is 37.6 Å². The molecule has 21 heavy (non-hydrogen) atoms. The van der Waals surface area contributed by atoms with Crippen molar-refractivity contribution in [3.05, 3.63) is 65.7 Å². The summed E-state index contributed by atoms with van der Waals surface area (Å²) >= 11 is 0. The number of rotatable bonds is 2. The Labute approximate surface area is 120 Å². The molecule has 2 rings (SSSR count). The molecule has 0 bridgehead atoms. The minimum atomic E-state index is -4.25. The van der Waals surface area contributed by atoms with Gasteiger partial charge in [-0.3, -0.25) is 4.98 Å². The Bertz CT molecular complexity index is 524. The van der Waals surface area contributed by atoms with Crippen LogP contribution in [0, 0.1) is 12.7 Å². The summed E-state index contributed by atoms with van der Waals surface area (Å²) in [6.45, 7) is 1.84. The summed E-state index contributed by atoms with van der Waals surface area (Å²) in [5.41, 5.74) is 1.19. The molecule has 1 unspecified atom stereocenters. The van der Waals surface area contributed by atoms with Crippen molar-refractivity contribution in [3.63, 3.8) is 0 Å². The summed E-state index contributed by atoms with van der Waals surface area (Å²) in [5, 5.41) is 2.25. The molecule has 1 atom stereocenters. The number of aromatic nitrogens is 1. The fourth-order valence-electron chi connectivity index (χ4n) is 1.62. The van der Waals surface area contributed by atoms with Crippen LogP contribution in [-0.2, 0) is 0 Å². The van der Waals surface area contributed by atoms with Gasteiger partial charge in [0.2, 0.25) is 0 Å². The molecule has 6 heteroatoms. The number of pyridine rings is 1. The van der Waals surface area contributed by atoms with Gasteiger partial charge in [0.25, 0.3) is 0 Å². The highest BCUT2D eigenvalue weighted by Gasteiger charge is 2.39. The van der Waals surface area contributed by atoms with Crippen LogP contribution in [0.15, 0.2) is 48.8 Å². The van der Waals surface area contributed by atoms with E-state index in [0.717, 1.165) is 5.56 Å². The summed E-state index contributed by atoms with van der Waals surface area (Å²) in [4.78, 5) is 3.51. The third kappa shape index (κ3) is 5.91. The Morgan fingerprint density at radius 2 is 1.71 bits per heavy atom. The van der Waals surface area contributed by atoms with Gasteiger partial charge in [0.05, 0.1) is 6.20 Å². The van der Waals surface area contributed by atoms with Crippen LogP contribution in [0.5, 0.6) is 0 Å². The van der Waals surface area contributed by atoms with E-state index in [0.29, 0.717) is 0 Å². The van der Waals surface area contributed by atoms with Gasteiger partial charge in [0, 0.05) is 6.20 Å². The molecule has 0 amide bonds. The topological polar surface area (TPSA) is 24.9 Å². The number of hydrogen-bond acceptors (Lipinski definition) is 2. The largest absolute Gasteiger partial charge is 0.407 e. The lowest BCUT2D eigenvalue weighted by atomic mass is 10.1. The number of benzene rings is 1. The number of halogens is 4. The Kier molecular flexibility index (Phi) is 6.30. The van der Waals surface area contributed by atoms with Crippen molar-refractivity contribution in [1.82, 2.24) is 10.3 Å². The molecule has 0 radical (unpaired) electrons. The van der Waals surface area contributed by atoms with Gasteiger partial charge in [-0.25, -0.2) is 4.39 Å². The van der Waals surface area contributed by atoms with Crippen molar-refractivity contribution in [3.8, 4) is 0 Å². The normalized spacial score (nSPS) is 12.3. The second-order valence-corrected chi connectivity index (χ2v) is 4.35. The Morgan fingerprint density at radius 1 is 1.10 bits per heavy atom. The van der Waals surface area contributed by atoms with Crippen molar-refractivity contribution in [1.29, 1.82) is 0 Å². The van der Waals surface area contributed by atoms with Gasteiger partial charge in [0.15, 0.2) is 0 Å². The number of alkyl halides is 3. The van der Waals surface area contributed by atoms with Gasteiger partial charge < -0.3 is 5.32 Å². The van der Waals surface area contributed by atoms with E-state index in [1.807, 2.05) is 6.92 Å². The number of nitrogens with one attached hydrogen (secondary N) is 1. The maximum Gasteiger partial charge on any atom is 0.407 e. The molecule has 0 saturated heterocycles. The van der Waals surface area contributed by atoms with Crippen molar-refractivity contribution >= 4 is 0 Å². The Morgan fingerprint density at radius 3 is 2.05 bits per heavy atom. The molecule has 1 aromatic heterocycles. The standard InChI is InChI=1S/C10H12F3N.C5H4FN/c1-7-3-5-8(6-4-7)9(14-2)10(11,12)13;6-5-2-1-3-7-4-5/h3-6,9,14H,1-2H3;1-4H. The molecule has 0 saturated carbocycles. The lowest BCUT2D eigenvalue weighted by Gasteiger charge is -2.19. The molecule has 2 nitrogen and oxygen atoms in total. The first kappa shape index (κ1) is 17.1. The fraction of sp³-hybridized carbons (Fsp3) is 0.267. The predicted octanol–water partition coefficient (Wildman–Crippen LogP) is 4.04. The van der Waals surface area contributed by atoms with E-state index in [1.54, 1.807) is 18.2 Å². The molecular weight excluding hydrogens is 284 g/mol. The van der Waals surface area contributed by atoms with Crippen LogP contribution in [0.1, 0.15) is 17.2 Å². The van der Waals surface area contributed by atoms with E-state index >= 15 is 0 Å². The first-order valence-corrected chi connectivity index (χ1v) is 6.20. The molecule has 0 aliphatic heterocycles. The first-order chi connectivity index (χ1) is 9.84. The van der Waals surface area contributed by atoms with Crippen molar-refractivity contribution in [2.45, 2.75) is 19.1 Å². The molecule has 0 aliphatic rings.